The van der Waals surface area contributed by atoms with Crippen LogP contribution in [0.5, 0.6) is 5.75 Å². The molecule has 0 unspecified atom stereocenters. The molecule has 2 aliphatic rings. The summed E-state index contributed by atoms with van der Waals surface area (Å²) in [5.74, 6) is 1.05. The number of nitrogens with two attached hydrogens (primary N) is 1. The molecule has 1 aliphatic heterocycles. The van der Waals surface area contributed by atoms with Gasteiger partial charge in [0.1, 0.15) is 5.75 Å². The molecule has 1 aromatic carbocycles. The van der Waals surface area contributed by atoms with Crippen molar-refractivity contribution in [2.45, 2.75) is 56.9 Å². The van der Waals surface area contributed by atoms with E-state index in [4.69, 9.17) is 15.2 Å². The summed E-state index contributed by atoms with van der Waals surface area (Å²) >= 11 is 0. The van der Waals surface area contributed by atoms with E-state index in [-0.39, 0.29) is 5.54 Å². The monoisotopic (exact) mass is 289 g/mol. The van der Waals surface area contributed by atoms with Crippen molar-refractivity contribution in [2.75, 3.05) is 19.8 Å². The highest BCUT2D eigenvalue weighted by molar-refractivity contribution is 5.39. The van der Waals surface area contributed by atoms with Crippen LogP contribution >= 0.6 is 0 Å². The average Bonchev–Trinajstić information content (AvgIpc) is 2.85. The van der Waals surface area contributed by atoms with Crippen LogP contribution in [0.1, 0.15) is 49.7 Å². The highest BCUT2D eigenvalue weighted by atomic mass is 16.5. The molecule has 21 heavy (non-hydrogen) atoms. The van der Waals surface area contributed by atoms with Crippen LogP contribution in [0, 0.1) is 0 Å². The Morgan fingerprint density at radius 1 is 1.14 bits per heavy atom. The maximum absolute atomic E-state index is 6.47. The van der Waals surface area contributed by atoms with E-state index < -0.39 is 0 Å². The van der Waals surface area contributed by atoms with Crippen molar-refractivity contribution in [3.63, 3.8) is 0 Å². The summed E-state index contributed by atoms with van der Waals surface area (Å²) in [6, 6.07) is 6.50. The normalized spacial score (nSPS) is 20.6. The molecule has 1 heterocycles. The predicted molar refractivity (Wildman–Crippen MR) is 84.8 cm³/mol. The van der Waals surface area contributed by atoms with Gasteiger partial charge in [-0.15, -0.1) is 0 Å². The molecule has 1 saturated carbocycles. The van der Waals surface area contributed by atoms with E-state index in [9.17, 15) is 0 Å². The van der Waals surface area contributed by atoms with Crippen LogP contribution in [-0.2, 0) is 17.6 Å². The van der Waals surface area contributed by atoms with Gasteiger partial charge < -0.3 is 15.2 Å². The van der Waals surface area contributed by atoms with Gasteiger partial charge in [-0.1, -0.05) is 37.8 Å². The van der Waals surface area contributed by atoms with Gasteiger partial charge in [0.2, 0.25) is 0 Å². The molecule has 116 valence electrons. The standard InChI is InChI=1S/C18H27NO2/c19-18(9-3-1-2-4-10-18)14-20-11-7-15-5-6-17-16(13-15)8-12-21-17/h5-6,13H,1-4,7-12,14,19H2. The Bertz CT molecular complexity index is 464. The van der Waals surface area contributed by atoms with E-state index in [1.54, 1.807) is 0 Å². The Morgan fingerprint density at radius 2 is 1.95 bits per heavy atom. The lowest BCUT2D eigenvalue weighted by Gasteiger charge is -2.27. The Morgan fingerprint density at radius 3 is 2.76 bits per heavy atom. The number of ether oxygens (including phenoxy) is 2. The Hall–Kier alpha value is -1.06. The molecule has 0 amide bonds. The third kappa shape index (κ3) is 3.98. The van der Waals surface area contributed by atoms with Gasteiger partial charge in [-0.05, 0) is 36.5 Å². The molecule has 0 spiro atoms. The number of benzene rings is 1. The van der Waals surface area contributed by atoms with E-state index in [1.165, 1.54) is 36.8 Å². The van der Waals surface area contributed by atoms with Crippen LogP contribution in [0.4, 0.5) is 0 Å². The van der Waals surface area contributed by atoms with E-state index in [0.717, 1.165) is 44.6 Å². The quantitative estimate of drug-likeness (QED) is 0.668. The zero-order valence-corrected chi connectivity index (χ0v) is 12.9. The Balaban J connectivity index is 1.43. The van der Waals surface area contributed by atoms with E-state index in [2.05, 4.69) is 18.2 Å². The number of fused-ring (bicyclic) bond motifs is 1. The molecule has 2 N–H and O–H groups in total. The van der Waals surface area contributed by atoms with E-state index in [1.807, 2.05) is 0 Å². The molecule has 1 fully saturated rings. The van der Waals surface area contributed by atoms with Gasteiger partial charge in [-0.25, -0.2) is 0 Å². The zero-order valence-electron chi connectivity index (χ0n) is 12.9. The smallest absolute Gasteiger partial charge is 0.122 e. The lowest BCUT2D eigenvalue weighted by atomic mass is 9.92. The fraction of sp³-hybridized carbons (Fsp3) is 0.667. The Labute approximate surface area is 127 Å². The highest BCUT2D eigenvalue weighted by Crippen LogP contribution is 2.27. The third-order valence-corrected chi connectivity index (χ3v) is 4.78. The maximum atomic E-state index is 6.47. The van der Waals surface area contributed by atoms with Crippen LogP contribution in [0.25, 0.3) is 0 Å². The minimum absolute atomic E-state index is 0.0811. The van der Waals surface area contributed by atoms with Gasteiger partial charge in [0, 0.05) is 12.0 Å². The van der Waals surface area contributed by atoms with Crippen LogP contribution in [0.2, 0.25) is 0 Å². The van der Waals surface area contributed by atoms with Crippen molar-refractivity contribution in [3.05, 3.63) is 29.3 Å². The second-order valence-corrected chi connectivity index (χ2v) is 6.62. The lowest BCUT2D eigenvalue weighted by molar-refractivity contribution is 0.0800. The summed E-state index contributed by atoms with van der Waals surface area (Å²) in [6.45, 7) is 2.30. The molecular formula is C18H27NO2. The molecule has 0 aromatic heterocycles. The molecule has 3 nitrogen and oxygen atoms in total. The SMILES string of the molecule is NC1(COCCc2ccc3c(c2)CCO3)CCCCCC1. The van der Waals surface area contributed by atoms with E-state index >= 15 is 0 Å². The summed E-state index contributed by atoms with van der Waals surface area (Å²) < 4.78 is 11.4. The van der Waals surface area contributed by atoms with Gasteiger partial charge in [-0.2, -0.15) is 0 Å². The van der Waals surface area contributed by atoms with Crippen LogP contribution < -0.4 is 10.5 Å². The van der Waals surface area contributed by atoms with Crippen LogP contribution in [-0.4, -0.2) is 25.4 Å². The lowest BCUT2D eigenvalue weighted by Crippen LogP contribution is -2.44. The second kappa shape index (κ2) is 6.80. The van der Waals surface area contributed by atoms with Crippen molar-refractivity contribution in [2.24, 2.45) is 5.73 Å². The molecule has 0 saturated heterocycles. The molecule has 1 aromatic rings. The summed E-state index contributed by atoms with van der Waals surface area (Å²) in [4.78, 5) is 0. The van der Waals surface area contributed by atoms with Crippen molar-refractivity contribution >= 4 is 0 Å². The first kappa shape index (κ1) is 14.9. The Kier molecular flexibility index (Phi) is 4.81. The van der Waals surface area contributed by atoms with Gasteiger partial charge in [0.05, 0.1) is 19.8 Å². The van der Waals surface area contributed by atoms with Gasteiger partial charge in [0.25, 0.3) is 0 Å². The molecular weight excluding hydrogens is 262 g/mol. The molecule has 0 radical (unpaired) electrons. The summed E-state index contributed by atoms with van der Waals surface area (Å²) in [7, 11) is 0. The molecule has 1 aliphatic carbocycles. The summed E-state index contributed by atoms with van der Waals surface area (Å²) in [5, 5.41) is 0. The number of hydrogen-bond acceptors (Lipinski definition) is 3. The summed E-state index contributed by atoms with van der Waals surface area (Å²) in [5.41, 5.74) is 9.07. The number of rotatable bonds is 5. The van der Waals surface area contributed by atoms with Crippen molar-refractivity contribution < 1.29 is 9.47 Å². The predicted octanol–water partition coefficient (Wildman–Crippen LogP) is 3.23. The molecule has 3 rings (SSSR count). The van der Waals surface area contributed by atoms with Gasteiger partial charge >= 0.3 is 0 Å². The zero-order chi connectivity index (χ0) is 14.5. The topological polar surface area (TPSA) is 44.5 Å². The van der Waals surface area contributed by atoms with Crippen molar-refractivity contribution in [1.82, 2.24) is 0 Å². The fourth-order valence-electron chi connectivity index (χ4n) is 3.44. The summed E-state index contributed by atoms with van der Waals surface area (Å²) in [6.07, 6.45) is 9.40. The first-order valence-corrected chi connectivity index (χ1v) is 8.36. The minimum Gasteiger partial charge on any atom is -0.493 e. The highest BCUT2D eigenvalue weighted by Gasteiger charge is 2.26. The van der Waals surface area contributed by atoms with Crippen LogP contribution in [0.3, 0.4) is 0 Å². The fourth-order valence-corrected chi connectivity index (χ4v) is 3.44. The third-order valence-electron chi connectivity index (χ3n) is 4.78. The maximum Gasteiger partial charge on any atom is 0.122 e. The average molecular weight is 289 g/mol. The van der Waals surface area contributed by atoms with Gasteiger partial charge in [0.15, 0.2) is 0 Å². The van der Waals surface area contributed by atoms with Crippen molar-refractivity contribution in [3.8, 4) is 5.75 Å². The molecule has 0 bridgehead atoms. The first-order valence-electron chi connectivity index (χ1n) is 8.36. The minimum atomic E-state index is -0.0811. The molecule has 0 atom stereocenters. The van der Waals surface area contributed by atoms with Crippen molar-refractivity contribution in [1.29, 1.82) is 0 Å². The molecule has 3 heteroatoms. The van der Waals surface area contributed by atoms with Gasteiger partial charge in [-0.3, -0.25) is 0 Å². The first-order chi connectivity index (χ1) is 10.3. The largest absolute Gasteiger partial charge is 0.493 e. The second-order valence-electron chi connectivity index (χ2n) is 6.62. The van der Waals surface area contributed by atoms with Crippen LogP contribution in [0.15, 0.2) is 18.2 Å². The number of hydrogen-bond donors (Lipinski definition) is 1. The van der Waals surface area contributed by atoms with E-state index in [0.29, 0.717) is 6.61 Å².